The average Bonchev–Trinajstić information content (AvgIpc) is 2.78. The predicted molar refractivity (Wildman–Crippen MR) is 104 cm³/mol. The molecule has 4 nitrogen and oxygen atoms in total. The number of nitrogens with zero attached hydrogens (tertiary/aromatic N) is 4. The van der Waals surface area contributed by atoms with Crippen LogP contribution in [0.25, 0.3) is 10.9 Å². The van der Waals surface area contributed by atoms with Gasteiger partial charge in [0.1, 0.15) is 0 Å². The van der Waals surface area contributed by atoms with E-state index in [0.717, 1.165) is 30.9 Å². The normalized spacial score (nSPS) is 21.8. The van der Waals surface area contributed by atoms with Crippen molar-refractivity contribution < 1.29 is 0 Å². The van der Waals surface area contributed by atoms with Gasteiger partial charge in [-0.2, -0.15) is 10.2 Å². The Hall–Kier alpha value is -2.20. The van der Waals surface area contributed by atoms with Gasteiger partial charge in [0.15, 0.2) is 0 Å². The van der Waals surface area contributed by atoms with Crippen molar-refractivity contribution in [2.45, 2.75) is 52.1 Å². The Bertz CT molecular complexity index is 946. The summed E-state index contributed by atoms with van der Waals surface area (Å²) in [6, 6.07) is 11.1. The van der Waals surface area contributed by atoms with Crippen LogP contribution in [0.3, 0.4) is 0 Å². The number of rotatable bonds is 3. The Morgan fingerprint density at radius 1 is 1.04 bits per heavy atom. The van der Waals surface area contributed by atoms with Gasteiger partial charge in [0, 0.05) is 42.0 Å². The first-order chi connectivity index (χ1) is 12.7. The van der Waals surface area contributed by atoms with E-state index >= 15 is 0 Å². The standard InChI is InChI=1S/C22H26N4/c1-15-3-6-21-19(13-15)20-14-25-10-7-17(8-11-25)22(20)26(21)12-9-18-5-4-16(2)23-24-18/h3-6,13,17H,7-12,14H2,1-2H3. The summed E-state index contributed by atoms with van der Waals surface area (Å²) in [7, 11) is 0. The van der Waals surface area contributed by atoms with Crippen LogP contribution in [-0.2, 0) is 19.5 Å². The minimum Gasteiger partial charge on any atom is -0.344 e. The maximum atomic E-state index is 4.38. The smallest absolute Gasteiger partial charge is 0.0649 e. The fraction of sp³-hybridized carbons (Fsp3) is 0.455. The highest BCUT2D eigenvalue weighted by atomic mass is 15.1. The summed E-state index contributed by atoms with van der Waals surface area (Å²) in [5, 5.41) is 10.1. The fourth-order valence-electron chi connectivity index (χ4n) is 4.81. The van der Waals surface area contributed by atoms with Crippen LogP contribution in [0.5, 0.6) is 0 Å². The molecule has 0 amide bonds. The zero-order valence-corrected chi connectivity index (χ0v) is 15.7. The lowest BCUT2D eigenvalue weighted by Gasteiger charge is -2.27. The van der Waals surface area contributed by atoms with E-state index in [1.54, 1.807) is 11.3 Å². The molecule has 3 aliphatic heterocycles. The molecule has 4 heteroatoms. The molecule has 1 fully saturated rings. The van der Waals surface area contributed by atoms with E-state index < -0.39 is 0 Å². The largest absolute Gasteiger partial charge is 0.344 e. The van der Waals surface area contributed by atoms with E-state index in [9.17, 15) is 0 Å². The fourth-order valence-corrected chi connectivity index (χ4v) is 4.81. The molecule has 1 aromatic carbocycles. The van der Waals surface area contributed by atoms with Gasteiger partial charge < -0.3 is 4.57 Å². The van der Waals surface area contributed by atoms with Crippen molar-refractivity contribution in [3.63, 3.8) is 0 Å². The SMILES string of the molecule is Cc1ccc2c(c1)c1c(n2CCc2ccc(C)nn2)C2CCN(CC2)C1. The maximum absolute atomic E-state index is 4.38. The van der Waals surface area contributed by atoms with Crippen LogP contribution < -0.4 is 0 Å². The van der Waals surface area contributed by atoms with Crippen molar-refractivity contribution in [2.75, 3.05) is 13.1 Å². The number of hydrogen-bond donors (Lipinski definition) is 0. The van der Waals surface area contributed by atoms with Crippen LogP contribution >= 0.6 is 0 Å². The Kier molecular flexibility index (Phi) is 3.82. The Morgan fingerprint density at radius 3 is 2.65 bits per heavy atom. The first kappa shape index (κ1) is 16.0. The lowest BCUT2D eigenvalue weighted by molar-refractivity contribution is 0.219. The van der Waals surface area contributed by atoms with E-state index in [2.05, 4.69) is 56.9 Å². The van der Waals surface area contributed by atoms with Gasteiger partial charge in [-0.1, -0.05) is 11.6 Å². The molecule has 6 rings (SSSR count). The van der Waals surface area contributed by atoms with E-state index in [-0.39, 0.29) is 0 Å². The van der Waals surface area contributed by atoms with Gasteiger partial charge in [0.05, 0.1) is 11.4 Å². The molecule has 1 saturated heterocycles. The van der Waals surface area contributed by atoms with Crippen molar-refractivity contribution in [3.8, 4) is 0 Å². The highest BCUT2D eigenvalue weighted by Crippen LogP contribution is 2.41. The zero-order chi connectivity index (χ0) is 17.7. The van der Waals surface area contributed by atoms with Crippen LogP contribution in [-0.4, -0.2) is 32.8 Å². The van der Waals surface area contributed by atoms with Crippen LogP contribution in [0.2, 0.25) is 0 Å². The lowest BCUT2D eigenvalue weighted by Crippen LogP contribution is -2.29. The Morgan fingerprint density at radius 2 is 1.88 bits per heavy atom. The van der Waals surface area contributed by atoms with Crippen LogP contribution in [0.1, 0.15) is 47.0 Å². The number of aryl methyl sites for hydroxylation is 4. The number of hydrogen-bond acceptors (Lipinski definition) is 3. The third-order valence-electron chi connectivity index (χ3n) is 6.17. The summed E-state index contributed by atoms with van der Waals surface area (Å²) in [5.74, 6) is 0.709. The molecule has 0 radical (unpaired) electrons. The lowest BCUT2D eigenvalue weighted by atomic mass is 9.94. The second-order valence-electron chi connectivity index (χ2n) is 8.00. The summed E-state index contributed by atoms with van der Waals surface area (Å²) >= 11 is 0. The maximum Gasteiger partial charge on any atom is 0.0649 e. The first-order valence-electron chi connectivity index (χ1n) is 9.82. The van der Waals surface area contributed by atoms with Crippen LogP contribution in [0, 0.1) is 13.8 Å². The van der Waals surface area contributed by atoms with Crippen molar-refractivity contribution in [1.29, 1.82) is 0 Å². The van der Waals surface area contributed by atoms with Gasteiger partial charge in [0.25, 0.3) is 0 Å². The summed E-state index contributed by atoms with van der Waals surface area (Å²) in [6.07, 6.45) is 3.53. The molecule has 3 aliphatic rings. The van der Waals surface area contributed by atoms with Crippen molar-refractivity contribution in [2.24, 2.45) is 0 Å². The molecular formula is C22H26N4. The molecule has 134 valence electrons. The molecule has 0 spiro atoms. The topological polar surface area (TPSA) is 34.0 Å². The molecule has 3 aromatic rings. The molecule has 2 bridgehead atoms. The van der Waals surface area contributed by atoms with Gasteiger partial charge >= 0.3 is 0 Å². The van der Waals surface area contributed by atoms with Gasteiger partial charge in [-0.05, 0) is 69.6 Å². The highest BCUT2D eigenvalue weighted by molar-refractivity contribution is 5.86. The number of fused-ring (bicyclic) bond motifs is 3. The van der Waals surface area contributed by atoms with Gasteiger partial charge in [-0.25, -0.2) is 0 Å². The second-order valence-corrected chi connectivity index (χ2v) is 8.00. The van der Waals surface area contributed by atoms with Crippen molar-refractivity contribution in [3.05, 3.63) is 58.5 Å². The molecular weight excluding hydrogens is 320 g/mol. The Labute approximate surface area is 154 Å². The highest BCUT2D eigenvalue weighted by Gasteiger charge is 2.32. The van der Waals surface area contributed by atoms with Crippen molar-refractivity contribution >= 4 is 10.9 Å². The summed E-state index contributed by atoms with van der Waals surface area (Å²) in [4.78, 5) is 2.64. The number of benzene rings is 1. The minimum absolute atomic E-state index is 0.709. The molecule has 0 saturated carbocycles. The average molecular weight is 346 g/mol. The van der Waals surface area contributed by atoms with Crippen molar-refractivity contribution in [1.82, 2.24) is 19.7 Å². The van der Waals surface area contributed by atoms with E-state index in [0.29, 0.717) is 5.92 Å². The quantitative estimate of drug-likeness (QED) is 0.719. The zero-order valence-electron chi connectivity index (χ0n) is 15.7. The summed E-state index contributed by atoms with van der Waals surface area (Å²) in [5.41, 5.74) is 8.00. The van der Waals surface area contributed by atoms with E-state index in [1.807, 2.05) is 6.92 Å². The minimum atomic E-state index is 0.709. The van der Waals surface area contributed by atoms with Crippen LogP contribution in [0.15, 0.2) is 30.3 Å². The van der Waals surface area contributed by atoms with Crippen LogP contribution in [0.4, 0.5) is 0 Å². The Balaban J connectivity index is 1.59. The third kappa shape index (κ3) is 2.64. The summed E-state index contributed by atoms with van der Waals surface area (Å²) < 4.78 is 2.60. The first-order valence-corrected chi connectivity index (χ1v) is 9.82. The second kappa shape index (κ2) is 6.20. The number of piperidine rings is 1. The van der Waals surface area contributed by atoms with E-state index in [4.69, 9.17) is 0 Å². The number of aromatic nitrogens is 3. The monoisotopic (exact) mass is 346 g/mol. The molecule has 0 unspecified atom stereocenters. The molecule has 0 atom stereocenters. The molecule has 0 aliphatic carbocycles. The molecule has 5 heterocycles. The third-order valence-corrected chi connectivity index (χ3v) is 6.17. The summed E-state index contributed by atoms with van der Waals surface area (Å²) in [6.45, 7) is 8.79. The molecule has 2 aromatic heterocycles. The molecule has 26 heavy (non-hydrogen) atoms. The predicted octanol–water partition coefficient (Wildman–Crippen LogP) is 3.98. The van der Waals surface area contributed by atoms with Gasteiger partial charge in [-0.15, -0.1) is 0 Å². The van der Waals surface area contributed by atoms with E-state index in [1.165, 1.54) is 42.4 Å². The molecule has 0 N–H and O–H groups in total. The van der Waals surface area contributed by atoms with Gasteiger partial charge in [-0.3, -0.25) is 4.90 Å². The van der Waals surface area contributed by atoms with Gasteiger partial charge in [0.2, 0.25) is 0 Å².